The highest BCUT2D eigenvalue weighted by molar-refractivity contribution is 7.99. The molecule has 33 heavy (non-hydrogen) atoms. The van der Waals surface area contributed by atoms with Crippen LogP contribution < -0.4 is 15.5 Å². The second-order valence-electron chi connectivity index (χ2n) is 7.92. The molecule has 0 aliphatic carbocycles. The lowest BCUT2D eigenvalue weighted by atomic mass is 10.2. The quantitative estimate of drug-likeness (QED) is 0.292. The molecule has 2 aromatic heterocycles. The van der Waals surface area contributed by atoms with Crippen LogP contribution in [0.5, 0.6) is 0 Å². The van der Waals surface area contributed by atoms with Crippen molar-refractivity contribution in [3.05, 3.63) is 65.3 Å². The van der Waals surface area contributed by atoms with E-state index in [2.05, 4.69) is 36.6 Å². The summed E-state index contributed by atoms with van der Waals surface area (Å²) < 4.78 is 0. The molecule has 5 rings (SSSR count). The number of aromatic amines is 1. The zero-order valence-corrected chi connectivity index (χ0v) is 19.6. The van der Waals surface area contributed by atoms with Crippen LogP contribution in [0.2, 0.25) is 5.02 Å². The van der Waals surface area contributed by atoms with Crippen molar-refractivity contribution in [1.82, 2.24) is 15.0 Å². The minimum atomic E-state index is -0.401. The number of para-hydroxylation sites is 1. The SMILES string of the molecule is Cc1cc(Cl)ccc1NC(=O)Nc1nc(Sc2c[nH]c3ccccc23)cc(N2CCCC2)n1. The van der Waals surface area contributed by atoms with Gasteiger partial charge < -0.3 is 15.2 Å². The van der Waals surface area contributed by atoms with Gasteiger partial charge in [-0.15, -0.1) is 0 Å². The molecule has 4 aromatic rings. The first-order chi connectivity index (χ1) is 16.0. The normalized spacial score (nSPS) is 13.5. The van der Waals surface area contributed by atoms with Gasteiger partial charge in [0, 0.05) is 51.9 Å². The molecule has 0 radical (unpaired) electrons. The van der Waals surface area contributed by atoms with Crippen LogP contribution in [-0.4, -0.2) is 34.1 Å². The van der Waals surface area contributed by atoms with E-state index in [0.29, 0.717) is 10.7 Å². The summed E-state index contributed by atoms with van der Waals surface area (Å²) in [6.45, 7) is 3.79. The predicted molar refractivity (Wildman–Crippen MR) is 135 cm³/mol. The lowest BCUT2D eigenvalue weighted by Crippen LogP contribution is -2.24. The number of hydrogen-bond donors (Lipinski definition) is 3. The molecule has 0 bridgehead atoms. The minimum absolute atomic E-state index is 0.269. The summed E-state index contributed by atoms with van der Waals surface area (Å²) in [6.07, 6.45) is 4.25. The molecule has 0 unspecified atom stereocenters. The van der Waals surface area contributed by atoms with Crippen LogP contribution in [0.4, 0.5) is 22.2 Å². The average Bonchev–Trinajstić information content (AvgIpc) is 3.47. The minimum Gasteiger partial charge on any atom is -0.360 e. The van der Waals surface area contributed by atoms with Crippen molar-refractivity contribution in [3.8, 4) is 0 Å². The lowest BCUT2D eigenvalue weighted by molar-refractivity contribution is 0.262. The van der Waals surface area contributed by atoms with Crippen LogP contribution in [0.1, 0.15) is 18.4 Å². The van der Waals surface area contributed by atoms with Crippen LogP contribution in [0.3, 0.4) is 0 Å². The number of H-pyrrole nitrogens is 1. The molecular formula is C24H23ClN6OS. The first-order valence-electron chi connectivity index (χ1n) is 10.8. The van der Waals surface area contributed by atoms with Crippen molar-refractivity contribution in [2.45, 2.75) is 29.7 Å². The lowest BCUT2D eigenvalue weighted by Gasteiger charge is -2.18. The van der Waals surface area contributed by atoms with Crippen LogP contribution >= 0.6 is 23.4 Å². The number of rotatable bonds is 5. The maximum Gasteiger partial charge on any atom is 0.326 e. The van der Waals surface area contributed by atoms with Crippen molar-refractivity contribution in [2.75, 3.05) is 28.6 Å². The number of nitrogens with zero attached hydrogens (tertiary/aromatic N) is 3. The summed E-state index contributed by atoms with van der Waals surface area (Å²) in [5, 5.41) is 8.18. The summed E-state index contributed by atoms with van der Waals surface area (Å²) in [6, 6.07) is 15.1. The fourth-order valence-electron chi connectivity index (χ4n) is 3.89. The molecule has 9 heteroatoms. The average molecular weight is 479 g/mol. The fourth-order valence-corrected chi connectivity index (χ4v) is 5.05. The molecule has 0 atom stereocenters. The Hall–Kier alpha value is -3.23. The number of hydrogen-bond acceptors (Lipinski definition) is 5. The van der Waals surface area contributed by atoms with Crippen LogP contribution in [0.15, 0.2) is 64.6 Å². The molecular weight excluding hydrogens is 456 g/mol. The first kappa shape index (κ1) is 21.6. The molecule has 0 spiro atoms. The van der Waals surface area contributed by atoms with E-state index in [-0.39, 0.29) is 5.95 Å². The molecule has 7 nitrogen and oxygen atoms in total. The van der Waals surface area contributed by atoms with Crippen LogP contribution in [0.25, 0.3) is 10.9 Å². The Morgan fingerprint density at radius 2 is 1.91 bits per heavy atom. The van der Waals surface area contributed by atoms with Crippen molar-refractivity contribution in [3.63, 3.8) is 0 Å². The maximum absolute atomic E-state index is 12.7. The topological polar surface area (TPSA) is 85.9 Å². The summed E-state index contributed by atoms with van der Waals surface area (Å²) in [5.74, 6) is 1.09. The van der Waals surface area contributed by atoms with Gasteiger partial charge in [0.2, 0.25) is 5.95 Å². The predicted octanol–water partition coefficient (Wildman–Crippen LogP) is 6.32. The zero-order valence-electron chi connectivity index (χ0n) is 18.1. The van der Waals surface area contributed by atoms with E-state index in [4.69, 9.17) is 11.6 Å². The van der Waals surface area contributed by atoms with E-state index in [1.165, 1.54) is 0 Å². The third-order valence-corrected chi connectivity index (χ3v) is 6.76. The number of carbonyl (C=O) groups excluding carboxylic acids is 1. The van der Waals surface area contributed by atoms with E-state index in [1.807, 2.05) is 37.4 Å². The highest BCUT2D eigenvalue weighted by atomic mass is 35.5. The van der Waals surface area contributed by atoms with Crippen molar-refractivity contribution >= 4 is 57.8 Å². The fraction of sp³-hybridized carbons (Fsp3) is 0.208. The summed E-state index contributed by atoms with van der Waals surface area (Å²) in [7, 11) is 0. The number of benzene rings is 2. The number of halogens is 1. The smallest absolute Gasteiger partial charge is 0.326 e. The van der Waals surface area contributed by atoms with Gasteiger partial charge in [-0.05, 0) is 49.6 Å². The van der Waals surface area contributed by atoms with Gasteiger partial charge in [0.05, 0.1) is 0 Å². The van der Waals surface area contributed by atoms with E-state index >= 15 is 0 Å². The largest absolute Gasteiger partial charge is 0.360 e. The molecule has 1 aliphatic rings. The maximum atomic E-state index is 12.7. The highest BCUT2D eigenvalue weighted by Crippen LogP contribution is 2.34. The van der Waals surface area contributed by atoms with Crippen molar-refractivity contribution in [1.29, 1.82) is 0 Å². The van der Waals surface area contributed by atoms with Gasteiger partial charge in [-0.1, -0.05) is 41.6 Å². The second kappa shape index (κ2) is 9.33. The number of aryl methyl sites for hydroxylation is 1. The van der Waals surface area contributed by atoms with Gasteiger partial charge in [0.15, 0.2) is 0 Å². The van der Waals surface area contributed by atoms with Gasteiger partial charge in [0.1, 0.15) is 10.8 Å². The number of anilines is 3. The zero-order chi connectivity index (χ0) is 22.8. The molecule has 0 saturated carbocycles. The first-order valence-corrected chi connectivity index (χ1v) is 12.0. The number of amides is 2. The van der Waals surface area contributed by atoms with Crippen molar-refractivity contribution < 1.29 is 4.79 Å². The molecule has 1 aliphatic heterocycles. The Morgan fingerprint density at radius 1 is 1.09 bits per heavy atom. The standard InChI is InChI=1S/C24H23ClN6OS/c1-15-12-16(25)8-9-18(15)27-24(32)30-23-28-21(31-10-4-5-11-31)13-22(29-23)33-20-14-26-19-7-3-2-6-17(19)20/h2-3,6-9,12-14,26H,4-5,10-11H2,1H3,(H2,27,28,29,30,32). The second-order valence-corrected chi connectivity index (χ2v) is 9.42. The Morgan fingerprint density at radius 3 is 2.73 bits per heavy atom. The molecule has 168 valence electrons. The molecule has 1 fully saturated rings. The number of carbonyl (C=O) groups is 1. The molecule has 1 saturated heterocycles. The Balaban J connectivity index is 1.41. The molecule has 3 heterocycles. The van der Waals surface area contributed by atoms with Gasteiger partial charge in [-0.2, -0.15) is 4.98 Å². The molecule has 3 N–H and O–H groups in total. The Bertz CT molecular complexity index is 1320. The number of nitrogens with one attached hydrogen (secondary N) is 3. The third kappa shape index (κ3) is 4.91. The number of urea groups is 1. The third-order valence-electron chi connectivity index (χ3n) is 5.55. The molecule has 2 amide bonds. The van der Waals surface area contributed by atoms with Crippen LogP contribution in [0, 0.1) is 6.92 Å². The van der Waals surface area contributed by atoms with E-state index in [1.54, 1.807) is 30.0 Å². The molecule has 2 aromatic carbocycles. The van der Waals surface area contributed by atoms with Crippen molar-refractivity contribution in [2.24, 2.45) is 0 Å². The van der Waals surface area contributed by atoms with Gasteiger partial charge in [-0.25, -0.2) is 9.78 Å². The summed E-state index contributed by atoms with van der Waals surface area (Å²) in [5.41, 5.74) is 2.63. The van der Waals surface area contributed by atoms with Gasteiger partial charge in [-0.3, -0.25) is 5.32 Å². The number of aromatic nitrogens is 3. The van der Waals surface area contributed by atoms with Gasteiger partial charge >= 0.3 is 6.03 Å². The van der Waals surface area contributed by atoms with E-state index < -0.39 is 6.03 Å². The Kier molecular flexibility index (Phi) is 6.11. The van der Waals surface area contributed by atoms with E-state index in [9.17, 15) is 4.79 Å². The monoisotopic (exact) mass is 478 g/mol. The summed E-state index contributed by atoms with van der Waals surface area (Å²) >= 11 is 7.57. The van der Waals surface area contributed by atoms with E-state index in [0.717, 1.165) is 58.1 Å². The van der Waals surface area contributed by atoms with Crippen LogP contribution in [-0.2, 0) is 0 Å². The highest BCUT2D eigenvalue weighted by Gasteiger charge is 2.18. The number of fused-ring (bicyclic) bond motifs is 1. The Labute approximate surface area is 201 Å². The van der Waals surface area contributed by atoms with Gasteiger partial charge in [0.25, 0.3) is 0 Å². The summed E-state index contributed by atoms with van der Waals surface area (Å²) in [4.78, 5) is 28.5.